The summed E-state index contributed by atoms with van der Waals surface area (Å²) in [6, 6.07) is 5.25. The standard InChI is InChI=1S/C15H20O5/c1-10(15(16)17)11-5-6-13(14(8-11)18-2)20-12-4-3-7-19-9-12/h5-6,8,10,12H,3-4,7,9H2,1-2H3,(H,16,17). The summed E-state index contributed by atoms with van der Waals surface area (Å²) in [4.78, 5) is 11.0. The van der Waals surface area contributed by atoms with Crippen molar-refractivity contribution < 1.29 is 24.1 Å². The lowest BCUT2D eigenvalue weighted by Crippen LogP contribution is -2.28. The minimum Gasteiger partial charge on any atom is -0.493 e. The third-order valence-electron chi connectivity index (χ3n) is 3.47. The van der Waals surface area contributed by atoms with Gasteiger partial charge in [-0.3, -0.25) is 4.79 Å². The quantitative estimate of drug-likeness (QED) is 0.897. The van der Waals surface area contributed by atoms with Crippen LogP contribution in [0.25, 0.3) is 0 Å². The van der Waals surface area contributed by atoms with Crippen LogP contribution in [0, 0.1) is 0 Å². The van der Waals surface area contributed by atoms with Crippen molar-refractivity contribution in [3.63, 3.8) is 0 Å². The van der Waals surface area contributed by atoms with Gasteiger partial charge in [0.05, 0.1) is 19.6 Å². The van der Waals surface area contributed by atoms with Crippen LogP contribution in [0.15, 0.2) is 18.2 Å². The number of hydrogen-bond donors (Lipinski definition) is 1. The van der Waals surface area contributed by atoms with Gasteiger partial charge in [-0.15, -0.1) is 0 Å². The lowest BCUT2D eigenvalue weighted by molar-refractivity contribution is -0.138. The normalized spacial score (nSPS) is 20.2. The molecule has 1 aromatic carbocycles. The number of rotatable bonds is 5. The molecule has 1 aliphatic heterocycles. The lowest BCUT2D eigenvalue weighted by Gasteiger charge is -2.24. The van der Waals surface area contributed by atoms with E-state index < -0.39 is 11.9 Å². The molecule has 0 bridgehead atoms. The zero-order chi connectivity index (χ0) is 14.5. The van der Waals surface area contributed by atoms with Gasteiger partial charge in [-0.05, 0) is 37.5 Å². The number of benzene rings is 1. The summed E-state index contributed by atoms with van der Waals surface area (Å²) in [6.45, 7) is 3.01. The van der Waals surface area contributed by atoms with Crippen molar-refractivity contribution in [1.82, 2.24) is 0 Å². The molecule has 0 radical (unpaired) electrons. The number of carboxylic acid groups (broad SMARTS) is 1. The number of aliphatic carboxylic acids is 1. The van der Waals surface area contributed by atoms with Crippen LogP contribution in [-0.2, 0) is 9.53 Å². The number of methoxy groups -OCH3 is 1. The SMILES string of the molecule is COc1cc(C(C)C(=O)O)ccc1OC1CCCOC1. The fourth-order valence-electron chi connectivity index (χ4n) is 2.18. The highest BCUT2D eigenvalue weighted by Gasteiger charge is 2.20. The topological polar surface area (TPSA) is 65.0 Å². The van der Waals surface area contributed by atoms with E-state index in [1.54, 1.807) is 32.2 Å². The van der Waals surface area contributed by atoms with Gasteiger partial charge in [0.15, 0.2) is 11.5 Å². The molecule has 5 nitrogen and oxygen atoms in total. The lowest BCUT2D eigenvalue weighted by atomic mass is 10.0. The molecule has 1 aliphatic rings. The van der Waals surface area contributed by atoms with Gasteiger partial charge in [-0.1, -0.05) is 6.07 Å². The summed E-state index contributed by atoms with van der Waals surface area (Å²) in [7, 11) is 1.55. The Balaban J connectivity index is 2.14. The average molecular weight is 280 g/mol. The van der Waals surface area contributed by atoms with Crippen LogP contribution in [0.3, 0.4) is 0 Å². The van der Waals surface area contributed by atoms with Crippen LogP contribution in [0.1, 0.15) is 31.2 Å². The molecule has 20 heavy (non-hydrogen) atoms. The molecular formula is C15H20O5. The van der Waals surface area contributed by atoms with Crippen LogP contribution in [0.2, 0.25) is 0 Å². The summed E-state index contributed by atoms with van der Waals surface area (Å²) < 4.78 is 16.6. The Kier molecular flexibility index (Phi) is 4.84. The number of hydrogen-bond acceptors (Lipinski definition) is 4. The Hall–Kier alpha value is -1.75. The van der Waals surface area contributed by atoms with Crippen molar-refractivity contribution in [3.8, 4) is 11.5 Å². The second-order valence-corrected chi connectivity index (χ2v) is 4.93. The number of carbonyl (C=O) groups is 1. The highest BCUT2D eigenvalue weighted by atomic mass is 16.5. The van der Waals surface area contributed by atoms with Crippen LogP contribution in [-0.4, -0.2) is 37.5 Å². The maximum Gasteiger partial charge on any atom is 0.310 e. The molecule has 2 rings (SSSR count). The third kappa shape index (κ3) is 3.42. The van der Waals surface area contributed by atoms with Crippen LogP contribution >= 0.6 is 0 Å². The molecule has 1 heterocycles. The molecule has 1 aromatic rings. The molecular weight excluding hydrogens is 260 g/mol. The predicted molar refractivity (Wildman–Crippen MR) is 73.5 cm³/mol. The Bertz CT molecular complexity index is 465. The summed E-state index contributed by atoms with van der Waals surface area (Å²) in [5.74, 6) is -0.247. The van der Waals surface area contributed by atoms with Gasteiger partial charge in [0, 0.05) is 6.61 Å². The van der Waals surface area contributed by atoms with Gasteiger partial charge in [0.25, 0.3) is 0 Å². The molecule has 2 atom stereocenters. The van der Waals surface area contributed by atoms with Gasteiger partial charge in [0.2, 0.25) is 0 Å². The summed E-state index contributed by atoms with van der Waals surface area (Å²) >= 11 is 0. The Labute approximate surface area is 118 Å². The average Bonchev–Trinajstić information content (AvgIpc) is 2.48. The second kappa shape index (κ2) is 6.61. The zero-order valence-corrected chi connectivity index (χ0v) is 11.8. The molecule has 2 unspecified atom stereocenters. The molecule has 0 aliphatic carbocycles. The molecule has 5 heteroatoms. The molecule has 0 saturated carbocycles. The Morgan fingerprint density at radius 2 is 2.25 bits per heavy atom. The predicted octanol–water partition coefficient (Wildman–Crippen LogP) is 2.44. The largest absolute Gasteiger partial charge is 0.493 e. The van der Waals surface area contributed by atoms with Crippen molar-refractivity contribution in [2.45, 2.75) is 31.8 Å². The van der Waals surface area contributed by atoms with E-state index in [9.17, 15) is 4.79 Å². The first-order chi connectivity index (χ1) is 9.61. The molecule has 0 amide bonds. The van der Waals surface area contributed by atoms with Gasteiger partial charge < -0.3 is 19.3 Å². The fourth-order valence-corrected chi connectivity index (χ4v) is 2.18. The zero-order valence-electron chi connectivity index (χ0n) is 11.8. The van der Waals surface area contributed by atoms with E-state index in [4.69, 9.17) is 19.3 Å². The molecule has 110 valence electrons. The smallest absolute Gasteiger partial charge is 0.310 e. The van der Waals surface area contributed by atoms with E-state index in [0.29, 0.717) is 23.7 Å². The van der Waals surface area contributed by atoms with Crippen molar-refractivity contribution in [2.24, 2.45) is 0 Å². The molecule has 0 aromatic heterocycles. The minimum absolute atomic E-state index is 0.0281. The maximum atomic E-state index is 11.0. The molecule has 1 saturated heterocycles. The first-order valence-electron chi connectivity index (χ1n) is 6.77. The van der Waals surface area contributed by atoms with E-state index in [1.807, 2.05) is 0 Å². The van der Waals surface area contributed by atoms with E-state index in [-0.39, 0.29) is 6.10 Å². The first-order valence-corrected chi connectivity index (χ1v) is 6.77. The molecule has 1 N–H and O–H groups in total. The monoisotopic (exact) mass is 280 g/mol. The van der Waals surface area contributed by atoms with Gasteiger partial charge >= 0.3 is 5.97 Å². The van der Waals surface area contributed by atoms with E-state index >= 15 is 0 Å². The van der Waals surface area contributed by atoms with Crippen molar-refractivity contribution in [3.05, 3.63) is 23.8 Å². The summed E-state index contributed by atoms with van der Waals surface area (Å²) in [5, 5.41) is 9.04. The number of carboxylic acids is 1. The fraction of sp³-hybridized carbons (Fsp3) is 0.533. The Morgan fingerprint density at radius 1 is 1.45 bits per heavy atom. The van der Waals surface area contributed by atoms with Crippen molar-refractivity contribution in [2.75, 3.05) is 20.3 Å². The molecule has 0 spiro atoms. The van der Waals surface area contributed by atoms with Crippen LogP contribution in [0.4, 0.5) is 0 Å². The van der Waals surface area contributed by atoms with Crippen LogP contribution < -0.4 is 9.47 Å². The van der Waals surface area contributed by atoms with E-state index in [0.717, 1.165) is 19.4 Å². The highest BCUT2D eigenvalue weighted by molar-refractivity contribution is 5.75. The Morgan fingerprint density at radius 3 is 2.85 bits per heavy atom. The molecule has 1 fully saturated rings. The summed E-state index contributed by atoms with van der Waals surface area (Å²) in [6.07, 6.45) is 1.97. The van der Waals surface area contributed by atoms with Crippen LogP contribution in [0.5, 0.6) is 11.5 Å². The van der Waals surface area contributed by atoms with Gasteiger partial charge in [0.1, 0.15) is 6.10 Å². The minimum atomic E-state index is -0.860. The van der Waals surface area contributed by atoms with Gasteiger partial charge in [-0.2, -0.15) is 0 Å². The maximum absolute atomic E-state index is 11.0. The van der Waals surface area contributed by atoms with Crippen molar-refractivity contribution in [1.29, 1.82) is 0 Å². The van der Waals surface area contributed by atoms with Gasteiger partial charge in [-0.25, -0.2) is 0 Å². The van der Waals surface area contributed by atoms with E-state index in [2.05, 4.69) is 0 Å². The number of ether oxygens (including phenoxy) is 3. The van der Waals surface area contributed by atoms with Crippen molar-refractivity contribution >= 4 is 5.97 Å². The first kappa shape index (κ1) is 14.7. The highest BCUT2D eigenvalue weighted by Crippen LogP contribution is 2.32. The second-order valence-electron chi connectivity index (χ2n) is 4.93. The summed E-state index contributed by atoms with van der Waals surface area (Å²) in [5.41, 5.74) is 0.696. The third-order valence-corrected chi connectivity index (χ3v) is 3.47. The van der Waals surface area contributed by atoms with E-state index in [1.165, 1.54) is 0 Å².